The third-order valence-electron chi connectivity index (χ3n) is 3.42. The number of aromatic amines is 1. The van der Waals surface area contributed by atoms with E-state index >= 15 is 0 Å². The molecule has 0 aliphatic carbocycles. The van der Waals surface area contributed by atoms with Gasteiger partial charge in [-0.2, -0.15) is 0 Å². The van der Waals surface area contributed by atoms with Crippen molar-refractivity contribution in [1.82, 2.24) is 15.3 Å². The first-order chi connectivity index (χ1) is 10.6. The second kappa shape index (κ2) is 6.29. The van der Waals surface area contributed by atoms with Crippen LogP contribution in [0.15, 0.2) is 53.1 Å². The molecule has 0 saturated heterocycles. The van der Waals surface area contributed by atoms with Crippen LogP contribution in [-0.4, -0.2) is 22.4 Å². The van der Waals surface area contributed by atoms with E-state index in [4.69, 9.17) is 5.73 Å². The van der Waals surface area contributed by atoms with Gasteiger partial charge in [0, 0.05) is 23.3 Å². The van der Waals surface area contributed by atoms with Crippen molar-refractivity contribution < 1.29 is 4.79 Å². The fourth-order valence-corrected chi connectivity index (χ4v) is 2.82. The number of halogens is 1. The smallest absolute Gasteiger partial charge is 0.269 e. The first-order valence-corrected chi connectivity index (χ1v) is 7.67. The Kier molecular flexibility index (Phi) is 4.22. The van der Waals surface area contributed by atoms with Gasteiger partial charge in [0.1, 0.15) is 5.69 Å². The second-order valence-electron chi connectivity index (χ2n) is 4.94. The number of pyridine rings is 1. The number of fused-ring (bicyclic) bond motifs is 1. The lowest BCUT2D eigenvalue weighted by Crippen LogP contribution is -2.32. The Labute approximate surface area is 136 Å². The van der Waals surface area contributed by atoms with Crippen LogP contribution in [0.25, 0.3) is 11.0 Å². The molecule has 1 unspecified atom stereocenters. The van der Waals surface area contributed by atoms with Crippen molar-refractivity contribution >= 4 is 32.9 Å². The second-order valence-corrected chi connectivity index (χ2v) is 5.80. The van der Waals surface area contributed by atoms with Crippen LogP contribution < -0.4 is 11.1 Å². The van der Waals surface area contributed by atoms with Crippen LogP contribution in [0, 0.1) is 0 Å². The van der Waals surface area contributed by atoms with Gasteiger partial charge in [-0.15, -0.1) is 0 Å². The van der Waals surface area contributed by atoms with Gasteiger partial charge in [-0.05, 0) is 29.8 Å². The Bertz CT molecular complexity index is 815. The Balaban J connectivity index is 1.68. The molecule has 2 heterocycles. The standard InChI is InChI=1S/C16H15BrN4O/c17-11-4-2-1-3-10(11)12(18)9-20-16(22)15-6-5-13-14(21-15)7-8-19-13/h1-8,12,19H,9,18H2,(H,20,22). The van der Waals surface area contributed by atoms with E-state index < -0.39 is 0 Å². The summed E-state index contributed by atoms with van der Waals surface area (Å²) >= 11 is 3.46. The van der Waals surface area contributed by atoms with Crippen molar-refractivity contribution in [3.05, 3.63) is 64.4 Å². The lowest BCUT2D eigenvalue weighted by Gasteiger charge is -2.14. The van der Waals surface area contributed by atoms with Gasteiger partial charge in [0.25, 0.3) is 5.91 Å². The summed E-state index contributed by atoms with van der Waals surface area (Å²) in [5.41, 5.74) is 9.13. The minimum absolute atomic E-state index is 0.231. The number of rotatable bonds is 4. The maximum atomic E-state index is 12.2. The van der Waals surface area contributed by atoms with Crippen molar-refractivity contribution in [2.75, 3.05) is 6.54 Å². The summed E-state index contributed by atoms with van der Waals surface area (Å²) in [5, 5.41) is 2.82. The topological polar surface area (TPSA) is 83.8 Å². The van der Waals surface area contributed by atoms with Crippen molar-refractivity contribution in [3.8, 4) is 0 Å². The first kappa shape index (κ1) is 14.7. The molecule has 0 spiro atoms. The quantitative estimate of drug-likeness (QED) is 0.670. The zero-order valence-electron chi connectivity index (χ0n) is 11.7. The monoisotopic (exact) mass is 358 g/mol. The van der Waals surface area contributed by atoms with Crippen LogP contribution >= 0.6 is 15.9 Å². The highest BCUT2D eigenvalue weighted by Crippen LogP contribution is 2.21. The fraction of sp³-hybridized carbons (Fsp3) is 0.125. The highest BCUT2D eigenvalue weighted by Gasteiger charge is 2.13. The molecule has 1 atom stereocenters. The van der Waals surface area contributed by atoms with Crippen molar-refractivity contribution in [1.29, 1.82) is 0 Å². The zero-order valence-corrected chi connectivity index (χ0v) is 13.3. The van der Waals surface area contributed by atoms with Crippen LogP contribution in [0.4, 0.5) is 0 Å². The highest BCUT2D eigenvalue weighted by molar-refractivity contribution is 9.10. The Morgan fingerprint density at radius 1 is 1.27 bits per heavy atom. The summed E-state index contributed by atoms with van der Waals surface area (Å²) in [5.74, 6) is -0.231. The van der Waals surface area contributed by atoms with Crippen molar-refractivity contribution in [2.45, 2.75) is 6.04 Å². The largest absolute Gasteiger partial charge is 0.360 e. The van der Waals surface area contributed by atoms with E-state index in [0.717, 1.165) is 21.1 Å². The minimum Gasteiger partial charge on any atom is -0.360 e. The van der Waals surface area contributed by atoms with E-state index in [1.165, 1.54) is 0 Å². The maximum Gasteiger partial charge on any atom is 0.269 e. The molecule has 0 aliphatic heterocycles. The number of aromatic nitrogens is 2. The predicted molar refractivity (Wildman–Crippen MR) is 89.5 cm³/mol. The van der Waals surface area contributed by atoms with Gasteiger partial charge in [0.15, 0.2) is 0 Å². The van der Waals surface area contributed by atoms with Crippen LogP contribution in [0.1, 0.15) is 22.1 Å². The molecule has 2 aromatic heterocycles. The summed E-state index contributed by atoms with van der Waals surface area (Å²) in [6, 6.07) is 12.8. The van der Waals surface area contributed by atoms with E-state index in [1.807, 2.05) is 36.4 Å². The summed E-state index contributed by atoms with van der Waals surface area (Å²) in [4.78, 5) is 19.5. The molecular formula is C16H15BrN4O. The molecule has 22 heavy (non-hydrogen) atoms. The molecular weight excluding hydrogens is 344 g/mol. The van der Waals surface area contributed by atoms with Gasteiger partial charge >= 0.3 is 0 Å². The van der Waals surface area contributed by atoms with Gasteiger partial charge in [-0.3, -0.25) is 4.79 Å². The number of hydrogen-bond acceptors (Lipinski definition) is 3. The van der Waals surface area contributed by atoms with E-state index in [1.54, 1.807) is 12.3 Å². The van der Waals surface area contributed by atoms with Crippen LogP contribution in [0.2, 0.25) is 0 Å². The number of H-pyrrole nitrogens is 1. The average Bonchev–Trinajstić information content (AvgIpc) is 3.00. The number of nitrogens with one attached hydrogen (secondary N) is 2. The minimum atomic E-state index is -0.282. The van der Waals surface area contributed by atoms with Gasteiger partial charge < -0.3 is 16.0 Å². The summed E-state index contributed by atoms with van der Waals surface area (Å²) in [7, 11) is 0. The molecule has 4 N–H and O–H groups in total. The van der Waals surface area contributed by atoms with Gasteiger partial charge in [-0.1, -0.05) is 34.1 Å². The van der Waals surface area contributed by atoms with Crippen LogP contribution in [-0.2, 0) is 0 Å². The molecule has 3 aromatic rings. The third kappa shape index (κ3) is 3.03. The van der Waals surface area contributed by atoms with Crippen LogP contribution in [0.3, 0.4) is 0 Å². The molecule has 0 bridgehead atoms. The molecule has 6 heteroatoms. The highest BCUT2D eigenvalue weighted by atomic mass is 79.9. The first-order valence-electron chi connectivity index (χ1n) is 6.87. The summed E-state index contributed by atoms with van der Waals surface area (Å²) in [6.07, 6.45) is 1.79. The number of nitrogens with two attached hydrogens (primary N) is 1. The van der Waals surface area contributed by atoms with E-state index in [0.29, 0.717) is 12.2 Å². The number of carbonyl (C=O) groups excluding carboxylic acids is 1. The number of nitrogens with zero attached hydrogens (tertiary/aromatic N) is 1. The summed E-state index contributed by atoms with van der Waals surface area (Å²) < 4.78 is 0.934. The average molecular weight is 359 g/mol. The van der Waals surface area contributed by atoms with Gasteiger partial charge in [0.05, 0.1) is 11.0 Å². The summed E-state index contributed by atoms with van der Waals surface area (Å²) in [6.45, 7) is 0.342. The molecule has 0 fully saturated rings. The Morgan fingerprint density at radius 3 is 2.91 bits per heavy atom. The number of benzene rings is 1. The Hall–Kier alpha value is -2.18. The van der Waals surface area contributed by atoms with E-state index in [2.05, 4.69) is 31.2 Å². The molecule has 112 valence electrons. The lowest BCUT2D eigenvalue weighted by molar-refractivity contribution is 0.0946. The molecule has 1 aromatic carbocycles. The zero-order chi connectivity index (χ0) is 15.5. The number of carbonyl (C=O) groups is 1. The van der Waals surface area contributed by atoms with E-state index in [-0.39, 0.29) is 11.9 Å². The van der Waals surface area contributed by atoms with E-state index in [9.17, 15) is 4.79 Å². The van der Waals surface area contributed by atoms with Crippen molar-refractivity contribution in [3.63, 3.8) is 0 Å². The Morgan fingerprint density at radius 2 is 2.09 bits per heavy atom. The molecule has 0 aliphatic rings. The fourth-order valence-electron chi connectivity index (χ4n) is 2.24. The van der Waals surface area contributed by atoms with Crippen molar-refractivity contribution in [2.24, 2.45) is 5.73 Å². The molecule has 5 nitrogen and oxygen atoms in total. The number of amides is 1. The lowest BCUT2D eigenvalue weighted by atomic mass is 10.1. The molecule has 0 saturated carbocycles. The third-order valence-corrected chi connectivity index (χ3v) is 4.15. The van der Waals surface area contributed by atoms with Gasteiger partial charge in [-0.25, -0.2) is 4.98 Å². The molecule has 3 rings (SSSR count). The molecule has 1 amide bonds. The molecule has 0 radical (unpaired) electrons. The predicted octanol–water partition coefficient (Wildman–Crippen LogP) is 2.76. The van der Waals surface area contributed by atoms with Gasteiger partial charge in [0.2, 0.25) is 0 Å². The maximum absolute atomic E-state index is 12.2. The number of hydrogen-bond donors (Lipinski definition) is 3. The normalized spacial score (nSPS) is 12.3. The van der Waals surface area contributed by atoms with Crippen LogP contribution in [0.5, 0.6) is 0 Å². The SMILES string of the molecule is NC(CNC(=O)c1ccc2[nH]ccc2n1)c1ccccc1Br.